The van der Waals surface area contributed by atoms with Crippen molar-refractivity contribution in [1.29, 1.82) is 0 Å². The summed E-state index contributed by atoms with van der Waals surface area (Å²) in [5, 5.41) is 3.20. The topological polar surface area (TPSA) is 41.1 Å². The maximum Gasteiger partial charge on any atom is 0.227 e. The first kappa shape index (κ1) is 15.6. The Morgan fingerprint density at radius 2 is 1.68 bits per heavy atom. The van der Waals surface area contributed by atoms with Crippen molar-refractivity contribution < 1.29 is 4.39 Å². The van der Waals surface area contributed by atoms with Crippen molar-refractivity contribution in [3.63, 3.8) is 0 Å². The van der Waals surface area contributed by atoms with Crippen LogP contribution in [0.4, 0.5) is 21.8 Å². The van der Waals surface area contributed by atoms with Gasteiger partial charge in [0, 0.05) is 30.4 Å². The zero-order valence-corrected chi connectivity index (χ0v) is 13.8. The lowest BCUT2D eigenvalue weighted by Crippen LogP contribution is -2.21. The van der Waals surface area contributed by atoms with Gasteiger partial charge in [0.2, 0.25) is 5.95 Å². The van der Waals surface area contributed by atoms with Crippen molar-refractivity contribution in [3.05, 3.63) is 66.5 Å². The van der Waals surface area contributed by atoms with Crippen LogP contribution >= 0.6 is 0 Å². The number of hydrogen-bond acceptors (Lipinski definition) is 4. The molecule has 0 spiro atoms. The van der Waals surface area contributed by atoms with Crippen LogP contribution in [-0.4, -0.2) is 23.1 Å². The van der Waals surface area contributed by atoms with E-state index in [4.69, 9.17) is 4.98 Å². The van der Waals surface area contributed by atoms with Gasteiger partial charge in [0.15, 0.2) is 0 Å². The van der Waals surface area contributed by atoms with E-state index in [0.717, 1.165) is 43.1 Å². The predicted molar refractivity (Wildman–Crippen MR) is 98.6 cm³/mol. The molecule has 0 saturated carbocycles. The Balaban J connectivity index is 1.73. The van der Waals surface area contributed by atoms with E-state index in [9.17, 15) is 4.39 Å². The average molecular weight is 334 g/mol. The summed E-state index contributed by atoms with van der Waals surface area (Å²) in [5.41, 5.74) is 2.56. The molecule has 1 N–H and O–H groups in total. The summed E-state index contributed by atoms with van der Waals surface area (Å²) < 4.78 is 13.5. The van der Waals surface area contributed by atoms with Crippen LogP contribution in [-0.2, 0) is 0 Å². The molecule has 2 aromatic carbocycles. The molecule has 0 unspecified atom stereocenters. The Hall–Kier alpha value is -2.95. The van der Waals surface area contributed by atoms with Gasteiger partial charge in [0.1, 0.15) is 11.6 Å². The van der Waals surface area contributed by atoms with Crippen LogP contribution in [0.5, 0.6) is 0 Å². The van der Waals surface area contributed by atoms with Gasteiger partial charge in [-0.3, -0.25) is 0 Å². The smallest absolute Gasteiger partial charge is 0.227 e. The molecule has 0 atom stereocenters. The second-order valence-electron chi connectivity index (χ2n) is 6.13. The summed E-state index contributed by atoms with van der Waals surface area (Å²) in [5.74, 6) is 1.11. The van der Waals surface area contributed by atoms with Crippen molar-refractivity contribution in [2.24, 2.45) is 0 Å². The third-order valence-corrected chi connectivity index (χ3v) is 4.27. The molecule has 4 rings (SSSR count). The van der Waals surface area contributed by atoms with E-state index in [1.165, 1.54) is 12.1 Å². The van der Waals surface area contributed by atoms with E-state index in [0.29, 0.717) is 11.5 Å². The second kappa shape index (κ2) is 6.89. The number of benzene rings is 2. The summed E-state index contributed by atoms with van der Waals surface area (Å²) in [6.45, 7) is 1.94. The molecule has 2 heterocycles. The Labute approximate surface area is 146 Å². The molecule has 25 heavy (non-hydrogen) atoms. The minimum Gasteiger partial charge on any atom is -0.341 e. The highest BCUT2D eigenvalue weighted by molar-refractivity contribution is 5.67. The van der Waals surface area contributed by atoms with Crippen LogP contribution < -0.4 is 10.2 Å². The summed E-state index contributed by atoms with van der Waals surface area (Å²) in [4.78, 5) is 11.6. The Morgan fingerprint density at radius 3 is 2.44 bits per heavy atom. The maximum absolute atomic E-state index is 13.5. The summed E-state index contributed by atoms with van der Waals surface area (Å²) in [6, 6.07) is 18.3. The molecule has 4 nitrogen and oxygen atoms in total. The fraction of sp³-hybridized carbons (Fsp3) is 0.200. The van der Waals surface area contributed by atoms with Gasteiger partial charge in [-0.25, -0.2) is 9.37 Å². The molecule has 1 aliphatic rings. The van der Waals surface area contributed by atoms with Gasteiger partial charge in [0.25, 0.3) is 0 Å². The molecular weight excluding hydrogens is 315 g/mol. The van der Waals surface area contributed by atoms with E-state index >= 15 is 0 Å². The van der Waals surface area contributed by atoms with Crippen molar-refractivity contribution >= 4 is 17.5 Å². The zero-order chi connectivity index (χ0) is 17.1. The van der Waals surface area contributed by atoms with Gasteiger partial charge in [-0.1, -0.05) is 36.4 Å². The van der Waals surface area contributed by atoms with Gasteiger partial charge in [-0.05, 0) is 31.0 Å². The highest BCUT2D eigenvalue weighted by Gasteiger charge is 2.17. The largest absolute Gasteiger partial charge is 0.341 e. The molecule has 5 heteroatoms. The summed E-state index contributed by atoms with van der Waals surface area (Å²) in [7, 11) is 0. The van der Waals surface area contributed by atoms with Crippen LogP contribution in [0.15, 0.2) is 60.7 Å². The molecule has 1 fully saturated rings. The molecule has 0 radical (unpaired) electrons. The van der Waals surface area contributed by atoms with Crippen molar-refractivity contribution in [2.75, 3.05) is 23.3 Å². The SMILES string of the molecule is Fc1cccc(Nc2cc(-c3ccccc3)nc(N3CCCC3)n2)c1. The van der Waals surface area contributed by atoms with E-state index in [2.05, 4.69) is 15.2 Å². The fourth-order valence-electron chi connectivity index (χ4n) is 3.03. The van der Waals surface area contributed by atoms with Crippen molar-refractivity contribution in [1.82, 2.24) is 9.97 Å². The minimum absolute atomic E-state index is 0.276. The first-order valence-corrected chi connectivity index (χ1v) is 8.50. The molecule has 126 valence electrons. The Kier molecular flexibility index (Phi) is 4.29. The number of aromatic nitrogens is 2. The highest BCUT2D eigenvalue weighted by Crippen LogP contribution is 2.26. The minimum atomic E-state index is -0.276. The van der Waals surface area contributed by atoms with E-state index in [-0.39, 0.29) is 5.82 Å². The van der Waals surface area contributed by atoms with Gasteiger partial charge in [-0.15, -0.1) is 0 Å². The van der Waals surface area contributed by atoms with Gasteiger partial charge >= 0.3 is 0 Å². The van der Waals surface area contributed by atoms with E-state index in [1.54, 1.807) is 6.07 Å². The van der Waals surface area contributed by atoms with Crippen LogP contribution in [0, 0.1) is 5.82 Å². The summed E-state index contributed by atoms with van der Waals surface area (Å²) in [6.07, 6.45) is 2.32. The monoisotopic (exact) mass is 334 g/mol. The maximum atomic E-state index is 13.5. The Bertz CT molecular complexity index is 861. The predicted octanol–water partition coefficient (Wildman–Crippen LogP) is 4.63. The second-order valence-corrected chi connectivity index (χ2v) is 6.13. The van der Waals surface area contributed by atoms with E-state index < -0.39 is 0 Å². The molecular formula is C20H19FN4. The van der Waals surface area contributed by atoms with Crippen LogP contribution in [0.2, 0.25) is 0 Å². The van der Waals surface area contributed by atoms with Crippen LogP contribution in [0.1, 0.15) is 12.8 Å². The standard InChI is InChI=1S/C20H19FN4/c21-16-9-6-10-17(13-16)22-19-14-18(15-7-2-1-3-8-15)23-20(24-19)25-11-4-5-12-25/h1-3,6-10,13-14H,4-5,11-12H2,(H,22,23,24). The number of nitrogens with one attached hydrogen (secondary N) is 1. The Morgan fingerprint density at radius 1 is 0.880 bits per heavy atom. The number of nitrogens with zero attached hydrogens (tertiary/aromatic N) is 3. The third kappa shape index (κ3) is 3.60. The normalized spacial score (nSPS) is 13.9. The molecule has 1 aromatic heterocycles. The van der Waals surface area contributed by atoms with Gasteiger partial charge < -0.3 is 10.2 Å². The lowest BCUT2D eigenvalue weighted by molar-refractivity contribution is 0.628. The highest BCUT2D eigenvalue weighted by atomic mass is 19.1. The molecule has 3 aromatic rings. The molecule has 0 aliphatic carbocycles. The lowest BCUT2D eigenvalue weighted by atomic mass is 10.1. The number of halogens is 1. The zero-order valence-electron chi connectivity index (χ0n) is 13.8. The van der Waals surface area contributed by atoms with Crippen LogP contribution in [0.25, 0.3) is 11.3 Å². The quantitative estimate of drug-likeness (QED) is 0.755. The number of anilines is 3. The third-order valence-electron chi connectivity index (χ3n) is 4.27. The van der Waals surface area contributed by atoms with Gasteiger partial charge in [-0.2, -0.15) is 4.98 Å². The molecule has 1 saturated heterocycles. The fourth-order valence-corrected chi connectivity index (χ4v) is 3.03. The van der Waals surface area contributed by atoms with Crippen molar-refractivity contribution in [3.8, 4) is 11.3 Å². The molecule has 0 bridgehead atoms. The first-order chi connectivity index (χ1) is 12.3. The van der Waals surface area contributed by atoms with E-state index in [1.807, 2.05) is 42.5 Å². The molecule has 0 amide bonds. The van der Waals surface area contributed by atoms with Crippen LogP contribution in [0.3, 0.4) is 0 Å². The lowest BCUT2D eigenvalue weighted by Gasteiger charge is -2.18. The number of hydrogen-bond donors (Lipinski definition) is 1. The molecule has 1 aliphatic heterocycles. The first-order valence-electron chi connectivity index (χ1n) is 8.50. The number of rotatable bonds is 4. The summed E-state index contributed by atoms with van der Waals surface area (Å²) >= 11 is 0. The van der Waals surface area contributed by atoms with Crippen molar-refractivity contribution in [2.45, 2.75) is 12.8 Å². The van der Waals surface area contributed by atoms with Gasteiger partial charge in [0.05, 0.1) is 5.69 Å². The average Bonchev–Trinajstić information content (AvgIpc) is 3.17.